The van der Waals surface area contributed by atoms with Crippen LogP contribution in [0, 0.1) is 18.7 Å². The summed E-state index contributed by atoms with van der Waals surface area (Å²) < 4.78 is 14.6. The molecule has 5 nitrogen and oxygen atoms in total. The molecule has 3 aromatic rings. The van der Waals surface area contributed by atoms with Gasteiger partial charge in [0.05, 0.1) is 0 Å². The van der Waals surface area contributed by atoms with Gasteiger partial charge in [-0.25, -0.2) is 4.39 Å². The Balaban J connectivity index is 1.56. The molecule has 1 saturated heterocycles. The number of Topliss-reactive ketones (excluding diaryl/α,β-unsaturated/α-hetero) is 1. The fourth-order valence-corrected chi connectivity index (χ4v) is 4.42. The Morgan fingerprint density at radius 1 is 0.970 bits per heavy atom. The van der Waals surface area contributed by atoms with Crippen LogP contribution in [0.2, 0.25) is 0 Å². The number of amides is 1. The van der Waals surface area contributed by atoms with E-state index in [0.717, 1.165) is 24.8 Å². The van der Waals surface area contributed by atoms with Gasteiger partial charge in [-0.1, -0.05) is 36.4 Å². The Kier molecular flexibility index (Phi) is 6.82. The van der Waals surface area contributed by atoms with Gasteiger partial charge < -0.3 is 4.90 Å². The molecule has 1 aliphatic heterocycles. The average molecular weight is 447 g/mol. The Bertz CT molecular complexity index is 1180. The van der Waals surface area contributed by atoms with Crippen LogP contribution in [0.15, 0.2) is 77.7 Å². The first-order valence-electron chi connectivity index (χ1n) is 11.2. The van der Waals surface area contributed by atoms with Crippen LogP contribution in [0.25, 0.3) is 0 Å². The molecule has 170 valence electrons. The Hall–Kier alpha value is -3.54. The number of hydrogen-bond donors (Lipinski definition) is 0. The van der Waals surface area contributed by atoms with Gasteiger partial charge in [-0.3, -0.25) is 19.0 Å². The van der Waals surface area contributed by atoms with Crippen molar-refractivity contribution >= 4 is 11.7 Å². The van der Waals surface area contributed by atoms with E-state index in [-0.39, 0.29) is 5.56 Å². The zero-order valence-corrected chi connectivity index (χ0v) is 18.6. The summed E-state index contributed by atoms with van der Waals surface area (Å²) in [4.78, 5) is 41.3. The first-order valence-corrected chi connectivity index (χ1v) is 11.2. The molecule has 2 heterocycles. The summed E-state index contributed by atoms with van der Waals surface area (Å²) in [5, 5.41) is 0. The van der Waals surface area contributed by atoms with Crippen LogP contribution in [0.1, 0.15) is 40.4 Å². The highest BCUT2D eigenvalue weighted by Gasteiger charge is 2.35. The number of carbonyl (C=O) groups is 2. The minimum atomic E-state index is -1.31. The number of piperidine rings is 1. The third-order valence-corrected chi connectivity index (χ3v) is 6.27. The molecule has 2 aromatic carbocycles. The van der Waals surface area contributed by atoms with Crippen molar-refractivity contribution in [2.75, 3.05) is 13.1 Å². The van der Waals surface area contributed by atoms with Crippen LogP contribution in [0.4, 0.5) is 4.39 Å². The zero-order chi connectivity index (χ0) is 23.4. The van der Waals surface area contributed by atoms with Gasteiger partial charge in [-0.15, -0.1) is 0 Å². The van der Waals surface area contributed by atoms with E-state index in [0.29, 0.717) is 19.0 Å². The number of rotatable bonds is 6. The van der Waals surface area contributed by atoms with Gasteiger partial charge in [0.25, 0.3) is 11.5 Å². The van der Waals surface area contributed by atoms with Crippen molar-refractivity contribution in [2.24, 2.45) is 5.92 Å². The van der Waals surface area contributed by atoms with Crippen molar-refractivity contribution in [3.05, 3.63) is 106 Å². The fraction of sp³-hybridized carbons (Fsp3) is 0.296. The van der Waals surface area contributed by atoms with Gasteiger partial charge in [-0.05, 0) is 67.5 Å². The minimum absolute atomic E-state index is 0.196. The summed E-state index contributed by atoms with van der Waals surface area (Å²) >= 11 is 0. The van der Waals surface area contributed by atoms with E-state index in [1.807, 2.05) is 18.2 Å². The van der Waals surface area contributed by atoms with Crippen LogP contribution in [-0.2, 0) is 11.2 Å². The normalized spacial score (nSPS) is 15.3. The molecular weight excluding hydrogens is 419 g/mol. The van der Waals surface area contributed by atoms with Gasteiger partial charge >= 0.3 is 0 Å². The summed E-state index contributed by atoms with van der Waals surface area (Å²) in [7, 11) is 0. The zero-order valence-electron chi connectivity index (χ0n) is 18.6. The second-order valence-corrected chi connectivity index (χ2v) is 8.68. The fourth-order valence-electron chi connectivity index (χ4n) is 4.42. The number of ketones is 1. The highest BCUT2D eigenvalue weighted by Crippen LogP contribution is 2.25. The molecule has 4 rings (SSSR count). The lowest BCUT2D eigenvalue weighted by Gasteiger charge is -2.34. The van der Waals surface area contributed by atoms with Gasteiger partial charge in [0, 0.05) is 30.9 Å². The number of pyridine rings is 1. The van der Waals surface area contributed by atoms with Crippen LogP contribution in [0.3, 0.4) is 0 Å². The van der Waals surface area contributed by atoms with Crippen molar-refractivity contribution in [1.82, 2.24) is 9.47 Å². The Labute approximate surface area is 192 Å². The minimum Gasteiger partial charge on any atom is -0.340 e. The highest BCUT2D eigenvalue weighted by atomic mass is 19.1. The van der Waals surface area contributed by atoms with E-state index in [9.17, 15) is 18.8 Å². The largest absolute Gasteiger partial charge is 0.340 e. The SMILES string of the molecule is Cc1ccc(=O)n([C@@H](C(=O)c2ccc(F)cc2)C(=O)N2CCC(Cc3ccccc3)CC2)c1. The topological polar surface area (TPSA) is 59.4 Å². The molecule has 0 unspecified atom stereocenters. The second kappa shape index (κ2) is 9.94. The molecule has 1 atom stereocenters. The molecule has 0 bridgehead atoms. The van der Waals surface area contributed by atoms with Gasteiger partial charge in [-0.2, -0.15) is 0 Å². The summed E-state index contributed by atoms with van der Waals surface area (Å²) in [6.07, 6.45) is 4.16. The maximum atomic E-state index is 13.6. The molecule has 0 spiro atoms. The maximum Gasteiger partial charge on any atom is 0.253 e. The number of aryl methyl sites for hydroxylation is 1. The molecule has 0 aliphatic carbocycles. The summed E-state index contributed by atoms with van der Waals surface area (Å²) in [6.45, 7) is 2.86. The molecule has 1 amide bonds. The molecule has 1 aliphatic rings. The van der Waals surface area contributed by atoms with Gasteiger partial charge in [0.15, 0.2) is 11.8 Å². The number of halogens is 1. The Morgan fingerprint density at radius 2 is 1.64 bits per heavy atom. The summed E-state index contributed by atoms with van der Waals surface area (Å²) in [5.74, 6) is -0.915. The molecule has 33 heavy (non-hydrogen) atoms. The monoisotopic (exact) mass is 446 g/mol. The van der Waals surface area contributed by atoms with Crippen LogP contribution in [0.5, 0.6) is 0 Å². The average Bonchev–Trinajstić information content (AvgIpc) is 2.83. The first-order chi connectivity index (χ1) is 15.9. The lowest BCUT2D eigenvalue weighted by molar-refractivity contribution is -0.134. The molecule has 0 radical (unpaired) electrons. The molecule has 1 fully saturated rings. The molecule has 6 heteroatoms. The number of hydrogen-bond acceptors (Lipinski definition) is 3. The van der Waals surface area contributed by atoms with Crippen molar-refractivity contribution in [1.29, 1.82) is 0 Å². The first kappa shape index (κ1) is 22.6. The number of carbonyl (C=O) groups excluding carboxylic acids is 2. The van der Waals surface area contributed by atoms with E-state index >= 15 is 0 Å². The van der Waals surface area contributed by atoms with Crippen molar-refractivity contribution in [2.45, 2.75) is 32.2 Å². The molecule has 0 N–H and O–H groups in total. The van der Waals surface area contributed by atoms with E-state index in [1.165, 1.54) is 46.7 Å². The van der Waals surface area contributed by atoms with Gasteiger partial charge in [0.1, 0.15) is 5.82 Å². The number of likely N-dealkylation sites (tertiary alicyclic amines) is 1. The number of benzene rings is 2. The van der Waals surface area contributed by atoms with E-state index < -0.39 is 29.1 Å². The highest BCUT2D eigenvalue weighted by molar-refractivity contribution is 6.11. The quantitative estimate of drug-likeness (QED) is 0.421. The maximum absolute atomic E-state index is 13.6. The van der Waals surface area contributed by atoms with Crippen molar-refractivity contribution in [3.63, 3.8) is 0 Å². The standard InChI is InChI=1S/C27H27FN2O3/c1-19-7-12-24(31)30(18-19)25(26(32)22-8-10-23(28)11-9-22)27(33)29-15-13-21(14-16-29)17-20-5-3-2-4-6-20/h2-12,18,21,25H,13-17H2,1H3/t25-/m0/s1. The molecule has 1 aromatic heterocycles. The van der Waals surface area contributed by atoms with Crippen LogP contribution >= 0.6 is 0 Å². The second-order valence-electron chi connectivity index (χ2n) is 8.68. The van der Waals surface area contributed by atoms with Crippen molar-refractivity contribution in [3.8, 4) is 0 Å². The predicted octanol–water partition coefficient (Wildman–Crippen LogP) is 4.20. The van der Waals surface area contributed by atoms with E-state index in [2.05, 4.69) is 12.1 Å². The Morgan fingerprint density at radius 3 is 2.30 bits per heavy atom. The predicted molar refractivity (Wildman–Crippen MR) is 125 cm³/mol. The van der Waals surface area contributed by atoms with Crippen molar-refractivity contribution < 1.29 is 14.0 Å². The lowest BCUT2D eigenvalue weighted by atomic mass is 9.89. The van der Waals surface area contributed by atoms with E-state index in [4.69, 9.17) is 0 Å². The number of nitrogens with zero attached hydrogens (tertiary/aromatic N) is 2. The lowest BCUT2D eigenvalue weighted by Crippen LogP contribution is -2.47. The van der Waals surface area contributed by atoms with Gasteiger partial charge in [0.2, 0.25) is 0 Å². The summed E-state index contributed by atoms with van der Waals surface area (Å²) in [6, 6.07) is 17.0. The van der Waals surface area contributed by atoms with Crippen LogP contribution in [-0.4, -0.2) is 34.2 Å². The van der Waals surface area contributed by atoms with E-state index in [1.54, 1.807) is 17.9 Å². The smallest absolute Gasteiger partial charge is 0.253 e. The third-order valence-electron chi connectivity index (χ3n) is 6.27. The molecular formula is C27H27FN2O3. The molecule has 0 saturated carbocycles. The summed E-state index contributed by atoms with van der Waals surface area (Å²) in [5.41, 5.74) is 1.81. The van der Waals surface area contributed by atoms with Crippen LogP contribution < -0.4 is 5.56 Å². The third kappa shape index (κ3) is 5.28. The number of aromatic nitrogens is 1.